The fourth-order valence-electron chi connectivity index (χ4n) is 2.96. The van der Waals surface area contributed by atoms with Crippen LogP contribution in [0.2, 0.25) is 0 Å². The van der Waals surface area contributed by atoms with E-state index in [-0.39, 0.29) is 36.5 Å². The Morgan fingerprint density at radius 3 is 2.12 bits per heavy atom. The largest absolute Gasteiger partial charge is 0.370 e. The van der Waals surface area contributed by atoms with Crippen molar-refractivity contribution in [1.29, 1.82) is 0 Å². The summed E-state index contributed by atoms with van der Waals surface area (Å²) in [6, 6.07) is 11.7. The van der Waals surface area contributed by atoms with Crippen molar-refractivity contribution < 1.29 is 18.4 Å². The van der Waals surface area contributed by atoms with Gasteiger partial charge in [0.1, 0.15) is 11.6 Å². The molecule has 0 radical (unpaired) electrons. The van der Waals surface area contributed by atoms with Crippen molar-refractivity contribution in [3.8, 4) is 0 Å². The average molecular weight is 344 g/mol. The molecule has 130 valence electrons. The summed E-state index contributed by atoms with van der Waals surface area (Å²) in [6.45, 7) is 0.145. The Balaban J connectivity index is 1.76. The number of carbonyl (C=O) groups is 2. The Morgan fingerprint density at radius 2 is 1.56 bits per heavy atom. The molecule has 1 aliphatic rings. The summed E-state index contributed by atoms with van der Waals surface area (Å²) in [6.07, 6.45) is 0.690. The standard InChI is InChI=1S/C19H18F2N2O2/c20-13-3-1-12(2-4-13)16-11-17(16)19(25)23(10-9-18(22)24)15-7-5-14(21)6-8-15/h1-8,16-17H,9-11H2,(H2,22,24)/t16-,17-/m1/s1. The molecule has 0 aliphatic heterocycles. The molecule has 0 spiro atoms. The van der Waals surface area contributed by atoms with Gasteiger partial charge < -0.3 is 10.6 Å². The van der Waals surface area contributed by atoms with Crippen molar-refractivity contribution in [2.45, 2.75) is 18.8 Å². The number of hydrogen-bond donors (Lipinski definition) is 1. The summed E-state index contributed by atoms with van der Waals surface area (Å²) in [4.78, 5) is 25.4. The SMILES string of the molecule is NC(=O)CCN(C(=O)[C@@H]1C[C@@H]1c1ccc(F)cc1)c1ccc(F)cc1. The van der Waals surface area contributed by atoms with E-state index in [0.717, 1.165) is 5.56 Å². The lowest BCUT2D eigenvalue weighted by Crippen LogP contribution is -2.35. The maximum absolute atomic E-state index is 13.1. The maximum Gasteiger partial charge on any atom is 0.230 e. The summed E-state index contributed by atoms with van der Waals surface area (Å²) in [5.74, 6) is -1.57. The van der Waals surface area contributed by atoms with E-state index in [4.69, 9.17) is 5.73 Å². The van der Waals surface area contributed by atoms with Crippen LogP contribution < -0.4 is 10.6 Å². The van der Waals surface area contributed by atoms with Crippen molar-refractivity contribution in [3.63, 3.8) is 0 Å². The molecule has 2 aromatic carbocycles. The molecule has 6 heteroatoms. The lowest BCUT2D eigenvalue weighted by atomic mass is 10.1. The molecule has 25 heavy (non-hydrogen) atoms. The second-order valence-corrected chi connectivity index (χ2v) is 6.18. The molecule has 3 rings (SSSR count). The van der Waals surface area contributed by atoms with Crippen molar-refractivity contribution in [2.24, 2.45) is 11.7 Å². The Hall–Kier alpha value is -2.76. The minimum Gasteiger partial charge on any atom is -0.370 e. The van der Waals surface area contributed by atoms with Gasteiger partial charge in [0.2, 0.25) is 11.8 Å². The number of anilines is 1. The first-order valence-corrected chi connectivity index (χ1v) is 8.06. The Morgan fingerprint density at radius 1 is 1.00 bits per heavy atom. The van der Waals surface area contributed by atoms with Crippen molar-refractivity contribution in [2.75, 3.05) is 11.4 Å². The second-order valence-electron chi connectivity index (χ2n) is 6.18. The van der Waals surface area contributed by atoms with Crippen molar-refractivity contribution in [1.82, 2.24) is 0 Å². The maximum atomic E-state index is 13.1. The van der Waals surface area contributed by atoms with E-state index in [1.165, 1.54) is 41.3 Å². The molecular formula is C19H18F2N2O2. The van der Waals surface area contributed by atoms with E-state index in [0.29, 0.717) is 12.1 Å². The third-order valence-corrected chi connectivity index (χ3v) is 4.39. The number of hydrogen-bond acceptors (Lipinski definition) is 2. The molecule has 2 atom stereocenters. The van der Waals surface area contributed by atoms with Gasteiger partial charge in [-0.3, -0.25) is 9.59 Å². The number of amides is 2. The number of primary amides is 1. The first kappa shape index (κ1) is 17.1. The van der Waals surface area contributed by atoms with Gasteiger partial charge in [-0.1, -0.05) is 12.1 Å². The third-order valence-electron chi connectivity index (χ3n) is 4.39. The van der Waals surface area contributed by atoms with Gasteiger partial charge in [-0.25, -0.2) is 8.78 Å². The number of carbonyl (C=O) groups excluding carboxylic acids is 2. The van der Waals surface area contributed by atoms with Crippen LogP contribution in [0.1, 0.15) is 24.3 Å². The quantitative estimate of drug-likeness (QED) is 0.876. The topological polar surface area (TPSA) is 63.4 Å². The van der Waals surface area contributed by atoms with Gasteiger partial charge in [-0.15, -0.1) is 0 Å². The highest BCUT2D eigenvalue weighted by Gasteiger charge is 2.46. The van der Waals surface area contributed by atoms with Crippen LogP contribution in [0.5, 0.6) is 0 Å². The number of halogens is 2. The van der Waals surface area contributed by atoms with Gasteiger partial charge in [0.05, 0.1) is 0 Å². The molecule has 0 bridgehead atoms. The first-order chi connectivity index (χ1) is 12.0. The molecule has 0 heterocycles. The number of nitrogens with zero attached hydrogens (tertiary/aromatic N) is 1. The fraction of sp³-hybridized carbons (Fsp3) is 0.263. The molecule has 1 fully saturated rings. The van der Waals surface area contributed by atoms with Gasteiger partial charge in [0, 0.05) is 24.6 Å². The molecule has 2 aromatic rings. The van der Waals surface area contributed by atoms with E-state index < -0.39 is 11.7 Å². The molecule has 1 aliphatic carbocycles. The van der Waals surface area contributed by atoms with E-state index in [2.05, 4.69) is 0 Å². The van der Waals surface area contributed by atoms with Gasteiger partial charge in [-0.2, -0.15) is 0 Å². The molecule has 4 nitrogen and oxygen atoms in total. The van der Waals surface area contributed by atoms with Crippen LogP contribution in [-0.2, 0) is 9.59 Å². The van der Waals surface area contributed by atoms with Crippen LogP contribution in [0.25, 0.3) is 0 Å². The van der Waals surface area contributed by atoms with E-state index in [1.807, 2.05) is 0 Å². The Bertz CT molecular complexity index is 775. The van der Waals surface area contributed by atoms with Crippen LogP contribution in [0.3, 0.4) is 0 Å². The zero-order chi connectivity index (χ0) is 18.0. The van der Waals surface area contributed by atoms with Crippen LogP contribution >= 0.6 is 0 Å². The van der Waals surface area contributed by atoms with E-state index >= 15 is 0 Å². The molecule has 0 unspecified atom stereocenters. The zero-order valence-electron chi connectivity index (χ0n) is 13.5. The fourth-order valence-corrected chi connectivity index (χ4v) is 2.96. The van der Waals surface area contributed by atoms with E-state index in [9.17, 15) is 18.4 Å². The van der Waals surface area contributed by atoms with Gasteiger partial charge >= 0.3 is 0 Å². The number of rotatable bonds is 6. The van der Waals surface area contributed by atoms with Crippen LogP contribution in [-0.4, -0.2) is 18.4 Å². The molecule has 2 amide bonds. The molecule has 0 aromatic heterocycles. The second kappa shape index (κ2) is 7.01. The molecular weight excluding hydrogens is 326 g/mol. The Kier molecular flexibility index (Phi) is 4.79. The van der Waals surface area contributed by atoms with Crippen LogP contribution in [0.15, 0.2) is 48.5 Å². The van der Waals surface area contributed by atoms with Crippen LogP contribution in [0, 0.1) is 17.6 Å². The highest BCUT2D eigenvalue weighted by Crippen LogP contribution is 2.48. The predicted octanol–water partition coefficient (Wildman–Crippen LogP) is 2.98. The normalized spacial score (nSPS) is 18.6. The minimum atomic E-state index is -0.509. The summed E-state index contributed by atoms with van der Waals surface area (Å²) in [7, 11) is 0. The Labute approximate surface area is 144 Å². The van der Waals surface area contributed by atoms with E-state index in [1.54, 1.807) is 12.1 Å². The summed E-state index contributed by atoms with van der Waals surface area (Å²) >= 11 is 0. The smallest absolute Gasteiger partial charge is 0.230 e. The highest BCUT2D eigenvalue weighted by atomic mass is 19.1. The summed E-state index contributed by atoms with van der Waals surface area (Å²) in [5, 5.41) is 0. The van der Waals surface area contributed by atoms with Crippen molar-refractivity contribution in [3.05, 3.63) is 65.7 Å². The monoisotopic (exact) mass is 344 g/mol. The predicted molar refractivity (Wildman–Crippen MR) is 89.8 cm³/mol. The van der Waals surface area contributed by atoms with Gasteiger partial charge in [-0.05, 0) is 54.3 Å². The third kappa shape index (κ3) is 4.02. The summed E-state index contributed by atoms with van der Waals surface area (Å²) in [5.41, 5.74) is 6.63. The average Bonchev–Trinajstić information content (AvgIpc) is 3.37. The summed E-state index contributed by atoms with van der Waals surface area (Å²) < 4.78 is 26.2. The van der Waals surface area contributed by atoms with Gasteiger partial charge in [0.15, 0.2) is 0 Å². The van der Waals surface area contributed by atoms with Crippen LogP contribution in [0.4, 0.5) is 14.5 Å². The lowest BCUT2D eigenvalue weighted by Gasteiger charge is -2.22. The molecule has 1 saturated carbocycles. The molecule has 0 saturated heterocycles. The molecule has 2 N–H and O–H groups in total. The number of nitrogens with two attached hydrogens (primary N) is 1. The minimum absolute atomic E-state index is 0.0249. The first-order valence-electron chi connectivity index (χ1n) is 8.06. The zero-order valence-corrected chi connectivity index (χ0v) is 13.5. The lowest BCUT2D eigenvalue weighted by molar-refractivity contribution is -0.120. The van der Waals surface area contributed by atoms with Crippen molar-refractivity contribution >= 4 is 17.5 Å². The van der Waals surface area contributed by atoms with Gasteiger partial charge in [0.25, 0.3) is 0 Å². The number of benzene rings is 2. The highest BCUT2D eigenvalue weighted by molar-refractivity contribution is 5.98.